The Labute approximate surface area is 112 Å². The van der Waals surface area contributed by atoms with E-state index in [-0.39, 0.29) is 0 Å². The quantitative estimate of drug-likeness (QED) is 0.823. The fourth-order valence-electron chi connectivity index (χ4n) is 2.92. The molecule has 0 aromatic heterocycles. The maximum atomic E-state index is 3.64. The van der Waals surface area contributed by atoms with E-state index in [9.17, 15) is 0 Å². The second-order valence-electron chi connectivity index (χ2n) is 5.02. The standard InChI is InChI=1S/C16H15NS/c1-2-4-14-11(3-1)10-15(17-14)12-5-6-16-13(9-12)7-8-18-16/h1-6,9,15,17H,7-8,10H2. The number of thioether (sulfide) groups is 1. The number of nitrogens with one attached hydrogen (secondary N) is 1. The SMILES string of the molecule is c1ccc2c(c1)CC(c1ccc3c(c1)CCS3)N2. The van der Waals surface area contributed by atoms with Crippen molar-refractivity contribution in [2.75, 3.05) is 11.1 Å². The van der Waals surface area contributed by atoms with Gasteiger partial charge in [-0.1, -0.05) is 30.3 Å². The summed E-state index contributed by atoms with van der Waals surface area (Å²) in [4.78, 5) is 1.48. The Bertz CT molecular complexity index is 581. The Balaban J connectivity index is 1.66. The van der Waals surface area contributed by atoms with Crippen molar-refractivity contribution >= 4 is 17.4 Å². The molecule has 0 radical (unpaired) electrons. The van der Waals surface area contributed by atoms with Crippen LogP contribution in [0.2, 0.25) is 0 Å². The number of para-hydroxylation sites is 1. The van der Waals surface area contributed by atoms with Crippen LogP contribution < -0.4 is 5.32 Å². The highest BCUT2D eigenvalue weighted by molar-refractivity contribution is 7.99. The molecular formula is C16H15NS. The fraction of sp³-hybridized carbons (Fsp3) is 0.250. The van der Waals surface area contributed by atoms with Crippen molar-refractivity contribution < 1.29 is 0 Å². The number of hydrogen-bond donors (Lipinski definition) is 1. The number of benzene rings is 2. The van der Waals surface area contributed by atoms with Gasteiger partial charge in [0.25, 0.3) is 0 Å². The first-order chi connectivity index (χ1) is 8.90. The molecule has 0 saturated carbocycles. The highest BCUT2D eigenvalue weighted by atomic mass is 32.2. The minimum Gasteiger partial charge on any atom is -0.378 e. The molecule has 2 aromatic rings. The molecule has 0 bridgehead atoms. The average Bonchev–Trinajstić information content (AvgIpc) is 3.04. The zero-order valence-corrected chi connectivity index (χ0v) is 11.0. The van der Waals surface area contributed by atoms with Crippen molar-refractivity contribution in [3.05, 3.63) is 59.2 Å². The predicted octanol–water partition coefficient (Wildman–Crippen LogP) is 4.04. The zero-order chi connectivity index (χ0) is 11.9. The number of aryl methyl sites for hydroxylation is 1. The minimum atomic E-state index is 0.457. The van der Waals surface area contributed by atoms with E-state index in [2.05, 4.69) is 47.8 Å². The highest BCUT2D eigenvalue weighted by Gasteiger charge is 2.22. The summed E-state index contributed by atoms with van der Waals surface area (Å²) in [5.41, 5.74) is 5.72. The van der Waals surface area contributed by atoms with Crippen molar-refractivity contribution in [2.24, 2.45) is 0 Å². The van der Waals surface area contributed by atoms with Gasteiger partial charge in [-0.15, -0.1) is 11.8 Å². The normalized spacial score (nSPS) is 20.3. The van der Waals surface area contributed by atoms with E-state index >= 15 is 0 Å². The van der Waals surface area contributed by atoms with E-state index in [4.69, 9.17) is 0 Å². The maximum absolute atomic E-state index is 3.64. The summed E-state index contributed by atoms with van der Waals surface area (Å²) in [5.74, 6) is 1.25. The molecule has 18 heavy (non-hydrogen) atoms. The van der Waals surface area contributed by atoms with Gasteiger partial charge in [0.05, 0.1) is 6.04 Å². The molecule has 0 amide bonds. The van der Waals surface area contributed by atoms with Gasteiger partial charge in [-0.05, 0) is 41.7 Å². The number of rotatable bonds is 1. The van der Waals surface area contributed by atoms with Crippen molar-refractivity contribution in [3.63, 3.8) is 0 Å². The lowest BCUT2D eigenvalue weighted by atomic mass is 10.00. The van der Waals surface area contributed by atoms with Crippen LogP contribution in [-0.2, 0) is 12.8 Å². The van der Waals surface area contributed by atoms with Crippen molar-refractivity contribution in [3.8, 4) is 0 Å². The molecule has 90 valence electrons. The zero-order valence-electron chi connectivity index (χ0n) is 10.1. The lowest BCUT2D eigenvalue weighted by Gasteiger charge is -2.13. The molecule has 2 aliphatic heterocycles. The van der Waals surface area contributed by atoms with Gasteiger partial charge >= 0.3 is 0 Å². The fourth-order valence-corrected chi connectivity index (χ4v) is 3.97. The molecule has 1 nitrogen and oxygen atoms in total. The summed E-state index contributed by atoms with van der Waals surface area (Å²) in [6.45, 7) is 0. The molecule has 0 saturated heterocycles. The van der Waals surface area contributed by atoms with Crippen LogP contribution in [0.3, 0.4) is 0 Å². The van der Waals surface area contributed by atoms with Crippen LogP contribution in [0.1, 0.15) is 22.7 Å². The van der Waals surface area contributed by atoms with Gasteiger partial charge in [0, 0.05) is 16.3 Å². The average molecular weight is 253 g/mol. The summed E-state index contributed by atoms with van der Waals surface area (Å²) in [7, 11) is 0. The Morgan fingerprint density at radius 3 is 2.94 bits per heavy atom. The van der Waals surface area contributed by atoms with E-state index < -0.39 is 0 Å². The third-order valence-electron chi connectivity index (χ3n) is 3.89. The van der Waals surface area contributed by atoms with Gasteiger partial charge in [-0.3, -0.25) is 0 Å². The van der Waals surface area contributed by atoms with Gasteiger partial charge in [-0.25, -0.2) is 0 Å². The molecule has 2 aromatic carbocycles. The Morgan fingerprint density at radius 2 is 2.00 bits per heavy atom. The van der Waals surface area contributed by atoms with Crippen molar-refractivity contribution in [1.82, 2.24) is 0 Å². The molecule has 0 aliphatic carbocycles. The Hall–Kier alpha value is -1.41. The van der Waals surface area contributed by atoms with Crippen LogP contribution in [-0.4, -0.2) is 5.75 Å². The second-order valence-corrected chi connectivity index (χ2v) is 6.16. The number of anilines is 1. The summed E-state index contributed by atoms with van der Waals surface area (Å²) in [6.07, 6.45) is 2.34. The molecule has 1 N–H and O–H groups in total. The van der Waals surface area contributed by atoms with Crippen LogP contribution >= 0.6 is 11.8 Å². The molecule has 1 unspecified atom stereocenters. The molecular weight excluding hydrogens is 238 g/mol. The third-order valence-corrected chi connectivity index (χ3v) is 5.00. The molecule has 4 rings (SSSR count). The van der Waals surface area contributed by atoms with Gasteiger partial charge in [0.2, 0.25) is 0 Å². The smallest absolute Gasteiger partial charge is 0.0555 e. The van der Waals surface area contributed by atoms with Crippen molar-refractivity contribution in [1.29, 1.82) is 0 Å². The summed E-state index contributed by atoms with van der Waals surface area (Å²) in [6, 6.07) is 16.1. The topological polar surface area (TPSA) is 12.0 Å². The van der Waals surface area contributed by atoms with Crippen molar-refractivity contribution in [2.45, 2.75) is 23.8 Å². The van der Waals surface area contributed by atoms with E-state index in [1.165, 1.54) is 39.4 Å². The van der Waals surface area contributed by atoms with Crippen LogP contribution in [0.5, 0.6) is 0 Å². The summed E-state index contributed by atoms with van der Waals surface area (Å²) < 4.78 is 0. The molecule has 2 heteroatoms. The Kier molecular flexibility index (Phi) is 2.37. The predicted molar refractivity (Wildman–Crippen MR) is 77.4 cm³/mol. The van der Waals surface area contributed by atoms with E-state index in [1.54, 1.807) is 0 Å². The summed E-state index contributed by atoms with van der Waals surface area (Å²) >= 11 is 1.99. The monoisotopic (exact) mass is 253 g/mol. The highest BCUT2D eigenvalue weighted by Crippen LogP contribution is 2.37. The lowest BCUT2D eigenvalue weighted by Crippen LogP contribution is -2.06. The van der Waals surface area contributed by atoms with Gasteiger partial charge in [-0.2, -0.15) is 0 Å². The van der Waals surface area contributed by atoms with Crippen LogP contribution in [0.4, 0.5) is 5.69 Å². The number of fused-ring (bicyclic) bond motifs is 2. The molecule has 2 heterocycles. The van der Waals surface area contributed by atoms with E-state index in [1.807, 2.05) is 11.8 Å². The van der Waals surface area contributed by atoms with E-state index in [0.717, 1.165) is 6.42 Å². The van der Waals surface area contributed by atoms with Gasteiger partial charge in [0.1, 0.15) is 0 Å². The largest absolute Gasteiger partial charge is 0.378 e. The molecule has 1 atom stereocenters. The minimum absolute atomic E-state index is 0.457. The lowest BCUT2D eigenvalue weighted by molar-refractivity contribution is 0.820. The first kappa shape index (κ1) is 10.5. The first-order valence-electron chi connectivity index (χ1n) is 6.50. The molecule has 2 aliphatic rings. The third kappa shape index (κ3) is 1.64. The second kappa shape index (κ2) is 4.06. The Morgan fingerprint density at radius 1 is 1.06 bits per heavy atom. The number of hydrogen-bond acceptors (Lipinski definition) is 2. The van der Waals surface area contributed by atoms with Crippen LogP contribution in [0.15, 0.2) is 47.4 Å². The summed E-state index contributed by atoms with van der Waals surface area (Å²) in [5, 5.41) is 3.64. The van der Waals surface area contributed by atoms with Crippen LogP contribution in [0, 0.1) is 0 Å². The molecule has 0 spiro atoms. The first-order valence-corrected chi connectivity index (χ1v) is 7.49. The van der Waals surface area contributed by atoms with Gasteiger partial charge in [0.15, 0.2) is 0 Å². The molecule has 0 fully saturated rings. The van der Waals surface area contributed by atoms with E-state index in [0.29, 0.717) is 6.04 Å². The maximum Gasteiger partial charge on any atom is 0.0555 e. The van der Waals surface area contributed by atoms with Gasteiger partial charge < -0.3 is 5.32 Å². The van der Waals surface area contributed by atoms with Crippen LogP contribution in [0.25, 0.3) is 0 Å².